The van der Waals surface area contributed by atoms with Gasteiger partial charge in [-0.1, -0.05) is 101 Å². The lowest BCUT2D eigenvalue weighted by Crippen LogP contribution is -2.49. The van der Waals surface area contributed by atoms with E-state index in [9.17, 15) is 14.4 Å². The van der Waals surface area contributed by atoms with Crippen LogP contribution in [-0.4, -0.2) is 30.5 Å². The van der Waals surface area contributed by atoms with E-state index in [1.165, 1.54) is 0 Å². The van der Waals surface area contributed by atoms with Crippen LogP contribution in [0, 0.1) is 11.8 Å². The van der Waals surface area contributed by atoms with E-state index in [1.807, 2.05) is 74.5 Å². The molecule has 3 amide bonds. The molecule has 2 aromatic carbocycles. The van der Waals surface area contributed by atoms with E-state index in [-0.39, 0.29) is 31.0 Å². The number of hydrogen-bond donors (Lipinski definition) is 3. The molecule has 0 saturated heterocycles. The third-order valence-electron chi connectivity index (χ3n) is 4.66. The Labute approximate surface area is 215 Å². The summed E-state index contributed by atoms with van der Waals surface area (Å²) in [6.45, 7) is 14.0. The number of benzene rings is 2. The third kappa shape index (κ3) is 13.3. The van der Waals surface area contributed by atoms with Gasteiger partial charge in [0.1, 0.15) is 12.6 Å². The van der Waals surface area contributed by atoms with Gasteiger partial charge in [0.25, 0.3) is 0 Å². The fraction of sp³-hybridized carbons (Fsp3) is 0.414. The second-order valence-corrected chi connectivity index (χ2v) is 9.53. The Morgan fingerprint density at radius 2 is 1.44 bits per heavy atom. The highest BCUT2D eigenvalue weighted by molar-refractivity contribution is 5.89. The molecule has 0 aliphatic heterocycles. The maximum Gasteiger partial charge on any atom is 0.408 e. The van der Waals surface area contributed by atoms with Crippen LogP contribution < -0.4 is 16.0 Å². The fourth-order valence-corrected chi connectivity index (χ4v) is 3.06. The summed E-state index contributed by atoms with van der Waals surface area (Å²) >= 11 is 0. The standard InChI is InChI=1S/C25H31N3O4.C4H10/c1-4-21(20-13-9-6-10-14-20)27-23(29)16-26-24(30)22(15-18(2)3)28-25(31)32-17-19-11-7-5-8-12-19;1-4(2)3/h4-14,18,21-22H,1,15-17H2,2-3H3,(H,26,30)(H,27,29)(H,28,31);4H,1-3H3. The first-order chi connectivity index (χ1) is 17.1. The summed E-state index contributed by atoms with van der Waals surface area (Å²) in [7, 11) is 0. The summed E-state index contributed by atoms with van der Waals surface area (Å²) in [6.07, 6.45) is 1.35. The minimum atomic E-state index is -0.810. The van der Waals surface area contributed by atoms with Gasteiger partial charge in [-0.2, -0.15) is 0 Å². The van der Waals surface area contributed by atoms with Crippen molar-refractivity contribution in [2.24, 2.45) is 11.8 Å². The molecule has 36 heavy (non-hydrogen) atoms. The molecule has 0 aliphatic rings. The Hall–Kier alpha value is -3.61. The normalized spacial score (nSPS) is 12.0. The van der Waals surface area contributed by atoms with Crippen LogP contribution in [0.15, 0.2) is 73.3 Å². The van der Waals surface area contributed by atoms with Crippen LogP contribution in [0.3, 0.4) is 0 Å². The summed E-state index contributed by atoms with van der Waals surface area (Å²) < 4.78 is 5.21. The summed E-state index contributed by atoms with van der Waals surface area (Å²) in [4.78, 5) is 37.2. The SMILES string of the molecule is C=CC(NC(=O)CNC(=O)C(CC(C)C)NC(=O)OCc1ccccc1)c1ccccc1.CC(C)C. The second-order valence-electron chi connectivity index (χ2n) is 9.53. The monoisotopic (exact) mass is 495 g/mol. The van der Waals surface area contributed by atoms with E-state index in [0.717, 1.165) is 17.0 Å². The molecule has 2 rings (SSSR count). The van der Waals surface area contributed by atoms with Crippen molar-refractivity contribution in [3.05, 3.63) is 84.4 Å². The van der Waals surface area contributed by atoms with Crippen molar-refractivity contribution in [3.63, 3.8) is 0 Å². The highest BCUT2D eigenvalue weighted by Gasteiger charge is 2.23. The van der Waals surface area contributed by atoms with Gasteiger partial charge in [-0.25, -0.2) is 4.79 Å². The van der Waals surface area contributed by atoms with Crippen molar-refractivity contribution in [1.29, 1.82) is 0 Å². The van der Waals surface area contributed by atoms with E-state index >= 15 is 0 Å². The molecule has 0 heterocycles. The molecule has 2 aromatic rings. The van der Waals surface area contributed by atoms with Gasteiger partial charge in [-0.3, -0.25) is 9.59 Å². The number of nitrogens with one attached hydrogen (secondary N) is 3. The maximum absolute atomic E-state index is 12.6. The van der Waals surface area contributed by atoms with Gasteiger partial charge in [0.05, 0.1) is 12.6 Å². The molecule has 0 spiro atoms. The van der Waals surface area contributed by atoms with Crippen LogP contribution in [0.2, 0.25) is 0 Å². The molecule has 196 valence electrons. The van der Waals surface area contributed by atoms with Crippen LogP contribution >= 0.6 is 0 Å². The van der Waals surface area contributed by atoms with Gasteiger partial charge in [0.2, 0.25) is 11.8 Å². The number of rotatable bonds is 11. The molecule has 2 unspecified atom stereocenters. The number of hydrogen-bond acceptors (Lipinski definition) is 4. The number of carbonyl (C=O) groups excluding carboxylic acids is 3. The Morgan fingerprint density at radius 3 is 1.97 bits per heavy atom. The summed E-state index contributed by atoms with van der Waals surface area (Å²) in [5, 5.41) is 8.00. The molecule has 3 N–H and O–H groups in total. The largest absolute Gasteiger partial charge is 0.445 e. The van der Waals surface area contributed by atoms with Crippen molar-refractivity contribution in [2.45, 2.75) is 59.7 Å². The Balaban J connectivity index is 0.00000150. The van der Waals surface area contributed by atoms with Crippen molar-refractivity contribution < 1.29 is 19.1 Å². The third-order valence-corrected chi connectivity index (χ3v) is 4.66. The lowest BCUT2D eigenvalue weighted by molar-refractivity contribution is -0.127. The summed E-state index contributed by atoms with van der Waals surface area (Å²) in [6, 6.07) is 17.5. The zero-order chi connectivity index (χ0) is 26.9. The molecule has 0 saturated carbocycles. The first-order valence-electron chi connectivity index (χ1n) is 12.3. The van der Waals surface area contributed by atoms with E-state index < -0.39 is 18.0 Å². The second kappa shape index (κ2) is 16.9. The first-order valence-corrected chi connectivity index (χ1v) is 12.3. The molecule has 0 bridgehead atoms. The number of amides is 3. The van der Waals surface area contributed by atoms with Gasteiger partial charge in [0, 0.05) is 0 Å². The number of alkyl carbamates (subject to hydrolysis) is 1. The fourth-order valence-electron chi connectivity index (χ4n) is 3.06. The lowest BCUT2D eigenvalue weighted by Gasteiger charge is -2.20. The molecule has 0 radical (unpaired) electrons. The van der Waals surface area contributed by atoms with Crippen LogP contribution in [-0.2, 0) is 20.9 Å². The van der Waals surface area contributed by atoms with E-state index in [2.05, 4.69) is 43.3 Å². The molecule has 2 atom stereocenters. The average molecular weight is 496 g/mol. The molecular weight excluding hydrogens is 454 g/mol. The smallest absolute Gasteiger partial charge is 0.408 e. The van der Waals surface area contributed by atoms with Gasteiger partial charge in [-0.15, -0.1) is 6.58 Å². The Bertz CT molecular complexity index is 927. The lowest BCUT2D eigenvalue weighted by atomic mass is 10.0. The van der Waals surface area contributed by atoms with Crippen molar-refractivity contribution in [3.8, 4) is 0 Å². The van der Waals surface area contributed by atoms with Gasteiger partial charge >= 0.3 is 6.09 Å². The first kappa shape index (κ1) is 30.4. The van der Waals surface area contributed by atoms with Crippen LogP contribution in [0.25, 0.3) is 0 Å². The Kier molecular flexibility index (Phi) is 14.3. The van der Waals surface area contributed by atoms with E-state index in [1.54, 1.807) is 6.08 Å². The summed E-state index contributed by atoms with van der Waals surface area (Å²) in [5.74, 6) is 0.180. The van der Waals surface area contributed by atoms with Gasteiger partial charge < -0.3 is 20.7 Å². The molecule has 7 nitrogen and oxygen atoms in total. The predicted octanol–water partition coefficient (Wildman–Crippen LogP) is 5.15. The number of carbonyl (C=O) groups is 3. The van der Waals surface area contributed by atoms with Crippen LogP contribution in [0.5, 0.6) is 0 Å². The molecule has 0 aromatic heterocycles. The maximum atomic E-state index is 12.6. The highest BCUT2D eigenvalue weighted by Crippen LogP contribution is 2.13. The predicted molar refractivity (Wildman–Crippen MR) is 144 cm³/mol. The zero-order valence-corrected chi connectivity index (χ0v) is 22.1. The van der Waals surface area contributed by atoms with Gasteiger partial charge in [0.15, 0.2) is 0 Å². The van der Waals surface area contributed by atoms with Crippen LogP contribution in [0.4, 0.5) is 4.79 Å². The Morgan fingerprint density at radius 1 is 0.889 bits per heavy atom. The molecule has 0 fully saturated rings. The van der Waals surface area contributed by atoms with E-state index in [4.69, 9.17) is 4.74 Å². The summed E-state index contributed by atoms with van der Waals surface area (Å²) in [5.41, 5.74) is 1.74. The minimum absolute atomic E-state index is 0.105. The van der Waals surface area contributed by atoms with Crippen LogP contribution in [0.1, 0.15) is 58.2 Å². The molecule has 0 aliphatic carbocycles. The highest BCUT2D eigenvalue weighted by atomic mass is 16.5. The topological polar surface area (TPSA) is 96.5 Å². The minimum Gasteiger partial charge on any atom is -0.445 e. The van der Waals surface area contributed by atoms with E-state index in [0.29, 0.717) is 6.42 Å². The average Bonchev–Trinajstić information content (AvgIpc) is 2.84. The van der Waals surface area contributed by atoms with Crippen molar-refractivity contribution in [1.82, 2.24) is 16.0 Å². The van der Waals surface area contributed by atoms with Gasteiger partial charge in [-0.05, 0) is 29.4 Å². The number of ether oxygens (including phenoxy) is 1. The zero-order valence-electron chi connectivity index (χ0n) is 22.1. The van der Waals surface area contributed by atoms with Crippen molar-refractivity contribution >= 4 is 17.9 Å². The molecular formula is C29H41N3O4. The van der Waals surface area contributed by atoms with Crippen molar-refractivity contribution in [2.75, 3.05) is 6.54 Å². The molecule has 7 heteroatoms. The quantitative estimate of drug-likeness (QED) is 0.376.